The third-order valence-corrected chi connectivity index (χ3v) is 8.20. The van der Waals surface area contributed by atoms with Crippen LogP contribution in [-0.2, 0) is 4.74 Å². The minimum atomic E-state index is -0.816. The van der Waals surface area contributed by atoms with Crippen LogP contribution >= 0.6 is 11.6 Å². The first-order valence-electron chi connectivity index (χ1n) is 12.9. The first-order chi connectivity index (χ1) is 18.0. The molecule has 11 heteroatoms. The zero-order chi connectivity index (χ0) is 25.4. The molecule has 10 nitrogen and oxygen atoms in total. The monoisotopic (exact) mass is 526 g/mol. The number of piperidine rings is 2. The topological polar surface area (TPSA) is 107 Å². The number of ether oxygens (including phenoxy) is 1. The molecular weight excluding hydrogens is 496 g/mol. The third-order valence-electron chi connectivity index (χ3n) is 7.90. The Morgan fingerprint density at radius 3 is 2.59 bits per heavy atom. The first-order valence-corrected chi connectivity index (χ1v) is 13.2. The van der Waals surface area contributed by atoms with E-state index in [1.54, 1.807) is 11.2 Å². The Hall–Kier alpha value is -3.24. The molecule has 1 spiro atoms. The van der Waals surface area contributed by atoms with Gasteiger partial charge in [-0.2, -0.15) is 4.98 Å². The Morgan fingerprint density at radius 2 is 1.84 bits per heavy atom. The van der Waals surface area contributed by atoms with E-state index in [4.69, 9.17) is 25.7 Å². The van der Waals surface area contributed by atoms with Crippen LogP contribution in [0.4, 0.5) is 27.9 Å². The molecule has 3 fully saturated rings. The quantitative estimate of drug-likeness (QED) is 0.494. The van der Waals surface area contributed by atoms with E-state index < -0.39 is 6.09 Å². The largest absolute Gasteiger partial charge is 0.465 e. The predicted molar refractivity (Wildman–Crippen MR) is 142 cm³/mol. The number of rotatable bonds is 4. The van der Waals surface area contributed by atoms with Gasteiger partial charge in [0.15, 0.2) is 11.4 Å². The van der Waals surface area contributed by atoms with Crippen molar-refractivity contribution < 1.29 is 19.1 Å². The predicted octanol–water partition coefficient (Wildman–Crippen LogP) is 4.82. The van der Waals surface area contributed by atoms with Gasteiger partial charge in [-0.05, 0) is 49.3 Å². The molecule has 0 atom stereocenters. The van der Waals surface area contributed by atoms with E-state index in [0.717, 1.165) is 74.6 Å². The SMILES string of the molecule is O=C(O)N1CCCC2(CCN(c3nc(Nc4ccc(N5CCOCC5)c(Cl)c4)nc4ccoc34)CC2)C1. The lowest BCUT2D eigenvalue weighted by atomic mass is 9.72. The summed E-state index contributed by atoms with van der Waals surface area (Å²) in [7, 11) is 0. The van der Waals surface area contributed by atoms with Gasteiger partial charge in [-0.25, -0.2) is 9.78 Å². The summed E-state index contributed by atoms with van der Waals surface area (Å²) >= 11 is 6.63. The molecule has 2 aromatic heterocycles. The van der Waals surface area contributed by atoms with Gasteiger partial charge in [-0.1, -0.05) is 11.6 Å². The smallest absolute Gasteiger partial charge is 0.407 e. The van der Waals surface area contributed by atoms with Crippen molar-refractivity contribution in [3.8, 4) is 0 Å². The molecule has 3 aliphatic rings. The minimum Gasteiger partial charge on any atom is -0.465 e. The van der Waals surface area contributed by atoms with Crippen molar-refractivity contribution in [1.29, 1.82) is 0 Å². The van der Waals surface area contributed by atoms with Crippen LogP contribution in [-0.4, -0.2) is 78.5 Å². The standard InChI is InChI=1S/C26H31ClN6O4/c27-19-16-18(2-3-21(19)31-11-14-36-15-12-31)28-24-29-20-4-13-37-22(20)23(30-24)32-9-6-26(7-10-32)5-1-8-33(17-26)25(34)35/h2-4,13,16H,1,5-12,14-15,17H2,(H,34,35)(H,28,29,30). The first kappa shape index (κ1) is 24.1. The van der Waals surface area contributed by atoms with Gasteiger partial charge in [0.2, 0.25) is 5.95 Å². The minimum absolute atomic E-state index is 0.0442. The maximum Gasteiger partial charge on any atom is 0.407 e. The molecule has 2 N–H and O–H groups in total. The highest BCUT2D eigenvalue weighted by atomic mass is 35.5. The second-order valence-corrected chi connectivity index (χ2v) is 10.6. The van der Waals surface area contributed by atoms with E-state index in [1.807, 2.05) is 24.3 Å². The van der Waals surface area contributed by atoms with Crippen LogP contribution in [0.1, 0.15) is 25.7 Å². The molecule has 0 bridgehead atoms. The fourth-order valence-corrected chi connectivity index (χ4v) is 6.16. The highest BCUT2D eigenvalue weighted by Gasteiger charge is 2.40. The summed E-state index contributed by atoms with van der Waals surface area (Å²) in [5.41, 5.74) is 3.25. The number of hydrogen-bond acceptors (Lipinski definition) is 8. The summed E-state index contributed by atoms with van der Waals surface area (Å²) in [4.78, 5) is 27.1. The van der Waals surface area contributed by atoms with Crippen molar-refractivity contribution in [3.63, 3.8) is 0 Å². The van der Waals surface area contributed by atoms with Crippen LogP contribution in [0, 0.1) is 5.41 Å². The molecule has 3 saturated heterocycles. The van der Waals surface area contributed by atoms with Crippen LogP contribution in [0.25, 0.3) is 11.1 Å². The Balaban J connectivity index is 1.20. The van der Waals surface area contributed by atoms with Gasteiger partial charge in [0.1, 0.15) is 5.52 Å². The maximum absolute atomic E-state index is 11.6. The zero-order valence-electron chi connectivity index (χ0n) is 20.7. The molecule has 37 heavy (non-hydrogen) atoms. The van der Waals surface area contributed by atoms with Crippen LogP contribution in [0.15, 0.2) is 34.9 Å². The molecule has 3 aromatic rings. The fraction of sp³-hybridized carbons (Fsp3) is 0.500. The number of likely N-dealkylation sites (tertiary alicyclic amines) is 1. The summed E-state index contributed by atoms with van der Waals surface area (Å²) in [5, 5.41) is 13.5. The molecule has 3 aliphatic heterocycles. The van der Waals surface area contributed by atoms with Gasteiger partial charge >= 0.3 is 6.09 Å². The van der Waals surface area contributed by atoms with Crippen molar-refractivity contribution in [2.45, 2.75) is 25.7 Å². The zero-order valence-corrected chi connectivity index (χ0v) is 21.4. The summed E-state index contributed by atoms with van der Waals surface area (Å²) in [6, 6.07) is 7.75. The molecule has 6 rings (SSSR count). The average Bonchev–Trinajstić information content (AvgIpc) is 3.38. The Labute approximate surface area is 220 Å². The van der Waals surface area contributed by atoms with E-state index in [-0.39, 0.29) is 5.41 Å². The maximum atomic E-state index is 11.6. The number of fused-ring (bicyclic) bond motifs is 1. The number of carbonyl (C=O) groups is 1. The lowest BCUT2D eigenvalue weighted by molar-refractivity contribution is 0.0613. The van der Waals surface area contributed by atoms with Crippen LogP contribution in [0.2, 0.25) is 5.02 Å². The van der Waals surface area contributed by atoms with Gasteiger partial charge in [0, 0.05) is 51.0 Å². The van der Waals surface area contributed by atoms with E-state index in [1.165, 1.54) is 0 Å². The Bertz CT molecular complexity index is 1290. The van der Waals surface area contributed by atoms with Gasteiger partial charge in [0.25, 0.3) is 0 Å². The van der Waals surface area contributed by atoms with E-state index >= 15 is 0 Å². The number of halogens is 1. The number of aromatic nitrogens is 2. The summed E-state index contributed by atoms with van der Waals surface area (Å²) in [6.07, 6.45) is 4.65. The Kier molecular flexibility index (Phi) is 6.46. The lowest BCUT2D eigenvalue weighted by Crippen LogP contribution is -2.51. The number of anilines is 4. The van der Waals surface area contributed by atoms with Crippen molar-refractivity contribution in [1.82, 2.24) is 14.9 Å². The normalized spacial score (nSPS) is 20.0. The summed E-state index contributed by atoms with van der Waals surface area (Å²) in [6.45, 7) is 5.87. The molecule has 0 unspecified atom stereocenters. The Morgan fingerprint density at radius 1 is 1.03 bits per heavy atom. The van der Waals surface area contributed by atoms with Crippen molar-refractivity contribution in [2.75, 3.05) is 67.6 Å². The molecule has 1 aromatic carbocycles. The van der Waals surface area contributed by atoms with Crippen molar-refractivity contribution >= 4 is 51.9 Å². The average molecular weight is 527 g/mol. The van der Waals surface area contributed by atoms with Gasteiger partial charge in [0.05, 0.1) is 30.2 Å². The molecule has 196 valence electrons. The summed E-state index contributed by atoms with van der Waals surface area (Å²) < 4.78 is 11.2. The van der Waals surface area contributed by atoms with E-state index in [2.05, 4.69) is 20.1 Å². The van der Waals surface area contributed by atoms with Crippen molar-refractivity contribution in [2.24, 2.45) is 5.41 Å². The summed E-state index contributed by atoms with van der Waals surface area (Å²) in [5.74, 6) is 1.24. The second-order valence-electron chi connectivity index (χ2n) is 10.2. The highest BCUT2D eigenvalue weighted by Crippen LogP contribution is 2.42. The molecule has 0 radical (unpaired) electrons. The highest BCUT2D eigenvalue weighted by molar-refractivity contribution is 6.33. The number of carboxylic acid groups (broad SMARTS) is 1. The van der Waals surface area contributed by atoms with Crippen molar-refractivity contribution in [3.05, 3.63) is 35.6 Å². The lowest BCUT2D eigenvalue weighted by Gasteiger charge is -2.47. The number of nitrogens with zero attached hydrogens (tertiary/aromatic N) is 5. The van der Waals surface area contributed by atoms with E-state index in [9.17, 15) is 9.90 Å². The van der Waals surface area contributed by atoms with Gasteiger partial charge in [-0.3, -0.25) is 0 Å². The molecule has 5 heterocycles. The number of furan rings is 1. The molecule has 1 amide bonds. The number of nitrogens with one attached hydrogen (secondary N) is 1. The van der Waals surface area contributed by atoms with Crippen LogP contribution < -0.4 is 15.1 Å². The second kappa shape index (κ2) is 9.90. The molecule has 0 aliphatic carbocycles. The number of hydrogen-bond donors (Lipinski definition) is 2. The van der Waals surface area contributed by atoms with Crippen LogP contribution in [0.5, 0.6) is 0 Å². The fourth-order valence-electron chi connectivity index (χ4n) is 5.86. The number of benzene rings is 1. The van der Waals surface area contributed by atoms with Gasteiger partial charge < -0.3 is 34.3 Å². The number of amides is 1. The van der Waals surface area contributed by atoms with Gasteiger partial charge in [-0.15, -0.1) is 0 Å². The molecular formula is C26H31ClN6O4. The molecule has 0 saturated carbocycles. The van der Waals surface area contributed by atoms with Crippen LogP contribution in [0.3, 0.4) is 0 Å². The third kappa shape index (κ3) is 4.87. The number of morpholine rings is 1. The van der Waals surface area contributed by atoms with E-state index in [0.29, 0.717) is 42.9 Å².